The van der Waals surface area contributed by atoms with Crippen molar-refractivity contribution in [1.82, 2.24) is 14.9 Å². The second-order valence-corrected chi connectivity index (χ2v) is 7.58. The van der Waals surface area contributed by atoms with E-state index in [1.165, 1.54) is 12.1 Å². The molecule has 1 aromatic carbocycles. The van der Waals surface area contributed by atoms with E-state index in [9.17, 15) is 9.18 Å². The Morgan fingerprint density at radius 2 is 2.00 bits per heavy atom. The molecule has 0 unspecified atom stereocenters. The third kappa shape index (κ3) is 3.91. The quantitative estimate of drug-likeness (QED) is 0.706. The summed E-state index contributed by atoms with van der Waals surface area (Å²) in [6, 6.07) is 6.74. The molecule has 0 aliphatic carbocycles. The monoisotopic (exact) mass is 385 g/mol. The lowest BCUT2D eigenvalue weighted by atomic mass is 10.0. The van der Waals surface area contributed by atoms with E-state index >= 15 is 0 Å². The molecule has 0 bridgehead atoms. The van der Waals surface area contributed by atoms with Gasteiger partial charge in [-0.2, -0.15) is 0 Å². The van der Waals surface area contributed by atoms with Crippen LogP contribution < -0.4 is 11.1 Å². The van der Waals surface area contributed by atoms with Gasteiger partial charge >= 0.3 is 0 Å². The van der Waals surface area contributed by atoms with Gasteiger partial charge in [-0.1, -0.05) is 12.1 Å². The minimum absolute atomic E-state index is 0.254. The van der Waals surface area contributed by atoms with E-state index in [1.54, 1.807) is 29.8 Å². The molecule has 4 rings (SSSR count). The number of nitrogens with two attached hydrogens (primary N) is 1. The Bertz CT molecular complexity index is 950. The molecule has 1 fully saturated rings. The molecule has 1 amide bonds. The number of anilines is 1. The average molecular weight is 385 g/mol. The van der Waals surface area contributed by atoms with Gasteiger partial charge in [0.15, 0.2) is 0 Å². The van der Waals surface area contributed by atoms with Crippen molar-refractivity contribution < 1.29 is 9.18 Å². The fourth-order valence-electron chi connectivity index (χ4n) is 3.48. The van der Waals surface area contributed by atoms with Crippen LogP contribution in [0.3, 0.4) is 0 Å². The van der Waals surface area contributed by atoms with Gasteiger partial charge in [-0.15, -0.1) is 11.3 Å². The Labute approximate surface area is 160 Å². The fraction of sp³-hybridized carbons (Fsp3) is 0.316. The van der Waals surface area contributed by atoms with Crippen LogP contribution in [0.1, 0.15) is 12.8 Å². The Morgan fingerprint density at radius 3 is 2.70 bits per heavy atom. The van der Waals surface area contributed by atoms with E-state index in [-0.39, 0.29) is 17.8 Å². The molecule has 3 aromatic rings. The standard InChI is InChI=1S/C19H20FN5OS/c20-13-3-1-12(2-4-13)15-10-27-19-17(15)18(22-11-23-19)24-14-5-7-25(8-6-14)9-16(21)26/h1-4,10-11,14H,5-9H2,(H2,21,26)(H,22,23,24). The number of primary amides is 1. The van der Waals surface area contributed by atoms with E-state index in [0.29, 0.717) is 6.54 Å². The zero-order chi connectivity index (χ0) is 18.8. The highest BCUT2D eigenvalue weighted by atomic mass is 32.1. The summed E-state index contributed by atoms with van der Waals surface area (Å²) >= 11 is 1.55. The number of thiophene rings is 1. The molecule has 2 aromatic heterocycles. The minimum Gasteiger partial charge on any atom is -0.369 e. The van der Waals surface area contributed by atoms with Crippen LogP contribution in [0.5, 0.6) is 0 Å². The molecule has 140 valence electrons. The molecule has 0 atom stereocenters. The van der Waals surface area contributed by atoms with Crippen molar-refractivity contribution in [2.75, 3.05) is 25.0 Å². The van der Waals surface area contributed by atoms with E-state index in [1.807, 2.05) is 5.38 Å². The summed E-state index contributed by atoms with van der Waals surface area (Å²) in [5, 5.41) is 6.55. The molecule has 27 heavy (non-hydrogen) atoms. The van der Waals surface area contributed by atoms with Gasteiger partial charge in [-0.25, -0.2) is 14.4 Å². The average Bonchev–Trinajstić information content (AvgIpc) is 3.09. The third-order valence-electron chi connectivity index (χ3n) is 4.83. The second-order valence-electron chi connectivity index (χ2n) is 6.72. The van der Waals surface area contributed by atoms with Gasteiger partial charge in [0.05, 0.1) is 11.9 Å². The maximum atomic E-state index is 13.3. The smallest absolute Gasteiger partial charge is 0.231 e. The van der Waals surface area contributed by atoms with E-state index in [2.05, 4.69) is 20.2 Å². The molecule has 0 radical (unpaired) electrons. The molecule has 1 aliphatic heterocycles. The number of halogens is 1. The number of fused-ring (bicyclic) bond motifs is 1. The van der Waals surface area contributed by atoms with Gasteiger partial charge in [-0.05, 0) is 30.5 Å². The van der Waals surface area contributed by atoms with Gasteiger partial charge in [0.25, 0.3) is 0 Å². The number of piperidine rings is 1. The van der Waals surface area contributed by atoms with Crippen LogP contribution in [0, 0.1) is 5.82 Å². The normalized spacial score (nSPS) is 15.9. The summed E-state index contributed by atoms with van der Waals surface area (Å²) in [6.07, 6.45) is 3.39. The zero-order valence-corrected chi connectivity index (χ0v) is 15.5. The van der Waals surface area contributed by atoms with Crippen molar-refractivity contribution in [2.45, 2.75) is 18.9 Å². The lowest BCUT2D eigenvalue weighted by Crippen LogP contribution is -2.43. The number of nitrogens with one attached hydrogen (secondary N) is 1. The molecular formula is C19H20FN5OS. The number of aromatic nitrogens is 2. The van der Waals surface area contributed by atoms with Crippen molar-refractivity contribution in [2.24, 2.45) is 5.73 Å². The van der Waals surface area contributed by atoms with Crippen molar-refractivity contribution in [1.29, 1.82) is 0 Å². The van der Waals surface area contributed by atoms with Crippen LogP contribution in [-0.4, -0.2) is 46.5 Å². The molecule has 6 nitrogen and oxygen atoms in total. The molecular weight excluding hydrogens is 365 g/mol. The first-order chi connectivity index (χ1) is 13.1. The highest BCUT2D eigenvalue weighted by Crippen LogP contribution is 2.37. The molecule has 8 heteroatoms. The summed E-state index contributed by atoms with van der Waals surface area (Å²) in [4.78, 5) is 22.9. The number of nitrogens with zero attached hydrogens (tertiary/aromatic N) is 3. The van der Waals surface area contributed by atoms with Crippen molar-refractivity contribution in [3.8, 4) is 11.1 Å². The van der Waals surface area contributed by atoms with Gasteiger partial charge in [0.1, 0.15) is 22.8 Å². The third-order valence-corrected chi connectivity index (χ3v) is 5.72. The molecule has 3 N–H and O–H groups in total. The second kappa shape index (κ2) is 7.58. The van der Waals surface area contributed by atoms with Crippen LogP contribution in [0.2, 0.25) is 0 Å². The first-order valence-corrected chi connectivity index (χ1v) is 9.73. The number of hydrogen-bond acceptors (Lipinski definition) is 6. The lowest BCUT2D eigenvalue weighted by molar-refractivity contribution is -0.119. The van der Waals surface area contributed by atoms with Crippen LogP contribution >= 0.6 is 11.3 Å². The van der Waals surface area contributed by atoms with Crippen LogP contribution in [0.15, 0.2) is 36.0 Å². The number of carbonyl (C=O) groups is 1. The van der Waals surface area contributed by atoms with Gasteiger partial charge in [0, 0.05) is 30.1 Å². The zero-order valence-electron chi connectivity index (χ0n) is 14.7. The lowest BCUT2D eigenvalue weighted by Gasteiger charge is -2.31. The molecule has 0 saturated carbocycles. The maximum Gasteiger partial charge on any atom is 0.231 e. The molecule has 0 spiro atoms. The highest BCUT2D eigenvalue weighted by molar-refractivity contribution is 7.17. The Hall–Kier alpha value is -2.58. The number of likely N-dealkylation sites (tertiary alicyclic amines) is 1. The summed E-state index contributed by atoms with van der Waals surface area (Å²) in [5.41, 5.74) is 7.22. The molecule has 3 heterocycles. The molecule has 1 saturated heterocycles. The van der Waals surface area contributed by atoms with Crippen LogP contribution in [-0.2, 0) is 4.79 Å². The Kier molecular flexibility index (Phi) is 5.00. The number of benzene rings is 1. The molecule has 1 aliphatic rings. The van der Waals surface area contributed by atoms with E-state index in [0.717, 1.165) is 53.1 Å². The van der Waals surface area contributed by atoms with Crippen molar-refractivity contribution in [3.05, 3.63) is 41.8 Å². The maximum absolute atomic E-state index is 13.3. The summed E-state index contributed by atoms with van der Waals surface area (Å²) in [5.74, 6) is 0.255. The van der Waals surface area contributed by atoms with Crippen LogP contribution in [0.4, 0.5) is 10.2 Å². The number of rotatable bonds is 5. The van der Waals surface area contributed by atoms with Gasteiger partial charge in [0.2, 0.25) is 5.91 Å². The predicted octanol–water partition coefficient (Wildman–Crippen LogP) is 2.86. The van der Waals surface area contributed by atoms with E-state index < -0.39 is 0 Å². The summed E-state index contributed by atoms with van der Waals surface area (Å²) in [6.45, 7) is 1.95. The highest BCUT2D eigenvalue weighted by Gasteiger charge is 2.22. The van der Waals surface area contributed by atoms with Crippen LogP contribution in [0.25, 0.3) is 21.3 Å². The topological polar surface area (TPSA) is 84.1 Å². The largest absolute Gasteiger partial charge is 0.369 e. The van der Waals surface area contributed by atoms with E-state index in [4.69, 9.17) is 5.73 Å². The van der Waals surface area contributed by atoms with Crippen molar-refractivity contribution >= 4 is 33.3 Å². The first-order valence-electron chi connectivity index (χ1n) is 8.85. The van der Waals surface area contributed by atoms with Gasteiger partial charge < -0.3 is 11.1 Å². The Balaban J connectivity index is 1.57. The number of amides is 1. The predicted molar refractivity (Wildman–Crippen MR) is 105 cm³/mol. The van der Waals surface area contributed by atoms with Gasteiger partial charge in [-0.3, -0.25) is 9.69 Å². The minimum atomic E-state index is -0.291. The summed E-state index contributed by atoms with van der Waals surface area (Å²) < 4.78 is 13.3. The Morgan fingerprint density at radius 1 is 1.26 bits per heavy atom. The number of carbonyl (C=O) groups excluding carboxylic acids is 1. The van der Waals surface area contributed by atoms with Crippen molar-refractivity contribution in [3.63, 3.8) is 0 Å². The number of hydrogen-bond donors (Lipinski definition) is 2. The fourth-order valence-corrected chi connectivity index (χ4v) is 4.39. The SMILES string of the molecule is NC(=O)CN1CCC(Nc2ncnc3scc(-c4ccc(F)cc4)c23)CC1. The first kappa shape index (κ1) is 17.8. The summed E-state index contributed by atoms with van der Waals surface area (Å²) in [7, 11) is 0.